The Labute approximate surface area is 198 Å². The lowest BCUT2D eigenvalue weighted by Gasteiger charge is -2.16. The normalized spacial score (nSPS) is 16.9. The molecule has 176 valence electrons. The summed E-state index contributed by atoms with van der Waals surface area (Å²) in [6.45, 7) is 4.73. The average Bonchev–Trinajstić information content (AvgIpc) is 3.08. The molecule has 0 radical (unpaired) electrons. The molecular weight excluding hydrogens is 442 g/mol. The maximum absolute atomic E-state index is 13.1. The van der Waals surface area contributed by atoms with Gasteiger partial charge in [-0.3, -0.25) is 14.5 Å². The van der Waals surface area contributed by atoms with Crippen LogP contribution in [0.15, 0.2) is 41.4 Å². The van der Waals surface area contributed by atoms with E-state index in [1.165, 1.54) is 18.9 Å². The van der Waals surface area contributed by atoms with Gasteiger partial charge in [-0.2, -0.15) is 0 Å². The van der Waals surface area contributed by atoms with Crippen LogP contribution in [0.1, 0.15) is 17.5 Å². The van der Waals surface area contributed by atoms with Crippen LogP contribution in [0.5, 0.6) is 11.5 Å². The Morgan fingerprint density at radius 1 is 1.12 bits per heavy atom. The third-order valence-electron chi connectivity index (χ3n) is 5.17. The number of rotatable bonds is 9. The topological polar surface area (TPSA) is 89.5 Å². The molecule has 8 nitrogen and oxygen atoms in total. The van der Waals surface area contributed by atoms with Crippen LogP contribution in [0.25, 0.3) is 0 Å². The fourth-order valence-electron chi connectivity index (χ4n) is 3.33. The third-order valence-corrected chi connectivity index (χ3v) is 6.35. The van der Waals surface area contributed by atoms with E-state index in [-0.39, 0.29) is 18.2 Å². The first-order chi connectivity index (χ1) is 15.9. The van der Waals surface area contributed by atoms with Crippen molar-refractivity contribution >= 4 is 40.1 Å². The molecule has 2 amide bonds. The van der Waals surface area contributed by atoms with Gasteiger partial charge in [0.2, 0.25) is 11.8 Å². The fourth-order valence-corrected chi connectivity index (χ4v) is 4.50. The molecule has 0 aromatic heterocycles. The van der Waals surface area contributed by atoms with E-state index in [0.29, 0.717) is 35.5 Å². The van der Waals surface area contributed by atoms with E-state index in [0.717, 1.165) is 16.8 Å². The van der Waals surface area contributed by atoms with Gasteiger partial charge in [0.15, 0.2) is 5.17 Å². The van der Waals surface area contributed by atoms with Crippen molar-refractivity contribution in [2.75, 3.05) is 39.8 Å². The first kappa shape index (κ1) is 24.6. The van der Waals surface area contributed by atoms with Crippen molar-refractivity contribution in [3.63, 3.8) is 0 Å². The number of nitrogens with one attached hydrogen (secondary N) is 1. The van der Waals surface area contributed by atoms with Gasteiger partial charge in [0.25, 0.3) is 0 Å². The summed E-state index contributed by atoms with van der Waals surface area (Å²) < 4.78 is 15.7. The Bertz CT molecular complexity index is 1060. The van der Waals surface area contributed by atoms with Crippen molar-refractivity contribution in [3.05, 3.63) is 47.5 Å². The highest BCUT2D eigenvalue weighted by Crippen LogP contribution is 2.34. The number of hydrogen-bond acceptors (Lipinski definition) is 7. The number of carbonyl (C=O) groups excluding carboxylic acids is 2. The van der Waals surface area contributed by atoms with Crippen molar-refractivity contribution in [1.82, 2.24) is 4.90 Å². The van der Waals surface area contributed by atoms with E-state index in [4.69, 9.17) is 19.2 Å². The predicted molar refractivity (Wildman–Crippen MR) is 131 cm³/mol. The fraction of sp³-hybridized carbons (Fsp3) is 0.375. The number of amides is 2. The molecular formula is C24H29N3O5S. The molecule has 3 rings (SSSR count). The van der Waals surface area contributed by atoms with Gasteiger partial charge < -0.3 is 19.5 Å². The number of methoxy groups -OCH3 is 3. The number of benzene rings is 2. The largest absolute Gasteiger partial charge is 0.497 e. The number of anilines is 1. The van der Waals surface area contributed by atoms with E-state index in [1.54, 1.807) is 37.3 Å². The van der Waals surface area contributed by atoms with Crippen LogP contribution in [-0.2, 0) is 14.3 Å². The van der Waals surface area contributed by atoms with Crippen LogP contribution >= 0.6 is 11.8 Å². The van der Waals surface area contributed by atoms with Crippen molar-refractivity contribution in [3.8, 4) is 11.5 Å². The van der Waals surface area contributed by atoms with Crippen molar-refractivity contribution < 1.29 is 23.8 Å². The molecule has 1 heterocycles. The molecule has 0 spiro atoms. The second-order valence-electron chi connectivity index (χ2n) is 7.59. The smallest absolute Gasteiger partial charge is 0.242 e. The second-order valence-corrected chi connectivity index (χ2v) is 8.76. The van der Waals surface area contributed by atoms with Gasteiger partial charge in [0.1, 0.15) is 16.7 Å². The highest BCUT2D eigenvalue weighted by molar-refractivity contribution is 8.15. The van der Waals surface area contributed by atoms with Gasteiger partial charge in [-0.15, -0.1) is 0 Å². The summed E-state index contributed by atoms with van der Waals surface area (Å²) in [5.74, 6) is 0.654. The Morgan fingerprint density at radius 2 is 1.91 bits per heavy atom. The lowest BCUT2D eigenvalue weighted by molar-refractivity contribution is -0.128. The van der Waals surface area contributed by atoms with E-state index in [2.05, 4.69) is 5.32 Å². The number of thioether (sulfide) groups is 1. The molecule has 0 aliphatic carbocycles. The molecule has 0 bridgehead atoms. The van der Waals surface area contributed by atoms with Gasteiger partial charge in [-0.1, -0.05) is 23.9 Å². The van der Waals surface area contributed by atoms with Gasteiger partial charge in [-0.05, 0) is 43.2 Å². The van der Waals surface area contributed by atoms with Crippen molar-refractivity contribution in [2.45, 2.75) is 25.5 Å². The minimum Gasteiger partial charge on any atom is -0.497 e. The zero-order valence-corrected chi connectivity index (χ0v) is 20.3. The van der Waals surface area contributed by atoms with Crippen molar-refractivity contribution in [1.29, 1.82) is 0 Å². The number of amidine groups is 1. The maximum atomic E-state index is 13.1. The minimum atomic E-state index is -0.574. The van der Waals surface area contributed by atoms with Crippen LogP contribution in [0, 0.1) is 13.8 Å². The highest BCUT2D eigenvalue weighted by Gasteiger charge is 2.39. The van der Waals surface area contributed by atoms with Crippen LogP contribution < -0.4 is 14.8 Å². The molecule has 1 saturated heterocycles. The van der Waals surface area contributed by atoms with E-state index < -0.39 is 5.25 Å². The Hall–Kier alpha value is -3.04. The van der Waals surface area contributed by atoms with Crippen LogP contribution in [0.4, 0.5) is 11.4 Å². The summed E-state index contributed by atoms with van der Waals surface area (Å²) in [6.07, 6.45) is 0.00792. The lowest BCUT2D eigenvalue weighted by Crippen LogP contribution is -2.35. The van der Waals surface area contributed by atoms with E-state index in [9.17, 15) is 9.59 Å². The zero-order chi connectivity index (χ0) is 24.0. The summed E-state index contributed by atoms with van der Waals surface area (Å²) in [4.78, 5) is 32.2. The molecule has 0 saturated carbocycles. The number of aliphatic imine (C=N–C) groups is 1. The Kier molecular flexibility index (Phi) is 8.35. The van der Waals surface area contributed by atoms with E-state index in [1.807, 2.05) is 32.0 Å². The van der Waals surface area contributed by atoms with Gasteiger partial charge >= 0.3 is 0 Å². The SMILES string of the molecule is COCCN1C(=O)C(CC(=O)Nc2ccc(OC)cc2OC)SC1=Nc1cc(C)ccc1C. The number of aryl methyl sites for hydroxylation is 2. The summed E-state index contributed by atoms with van der Waals surface area (Å²) in [6, 6.07) is 11.1. The minimum absolute atomic E-state index is 0.00792. The van der Waals surface area contributed by atoms with Gasteiger partial charge in [-0.25, -0.2) is 4.99 Å². The number of carbonyl (C=O) groups is 2. The quantitative estimate of drug-likeness (QED) is 0.596. The number of hydrogen-bond donors (Lipinski definition) is 1. The standard InChI is InChI=1S/C24H29N3O5S/c1-15-6-7-16(2)19(12-15)26-24-27(10-11-30-3)23(29)21(33-24)14-22(28)25-18-9-8-17(31-4)13-20(18)32-5/h6-9,12-13,21H,10-11,14H2,1-5H3,(H,25,28). The molecule has 1 unspecified atom stereocenters. The van der Waals surface area contributed by atoms with Crippen LogP contribution in [-0.4, -0.2) is 61.6 Å². The van der Waals surface area contributed by atoms with Crippen molar-refractivity contribution in [2.24, 2.45) is 4.99 Å². The van der Waals surface area contributed by atoms with E-state index >= 15 is 0 Å². The maximum Gasteiger partial charge on any atom is 0.242 e. The molecule has 2 aromatic rings. The molecule has 1 atom stereocenters. The molecule has 1 fully saturated rings. The Balaban J connectivity index is 1.78. The molecule has 1 N–H and O–H groups in total. The van der Waals surface area contributed by atoms with Gasteiger partial charge in [0.05, 0.1) is 38.7 Å². The average molecular weight is 472 g/mol. The monoisotopic (exact) mass is 471 g/mol. The molecule has 9 heteroatoms. The highest BCUT2D eigenvalue weighted by atomic mass is 32.2. The number of ether oxygens (including phenoxy) is 3. The molecule has 1 aliphatic rings. The summed E-state index contributed by atoms with van der Waals surface area (Å²) in [5, 5.41) is 2.83. The first-order valence-corrected chi connectivity index (χ1v) is 11.4. The molecule has 2 aromatic carbocycles. The Morgan fingerprint density at radius 3 is 2.61 bits per heavy atom. The van der Waals surface area contributed by atoms with Crippen LogP contribution in [0.2, 0.25) is 0 Å². The van der Waals surface area contributed by atoms with Gasteiger partial charge in [0, 0.05) is 19.6 Å². The second kappa shape index (κ2) is 11.2. The molecule has 33 heavy (non-hydrogen) atoms. The summed E-state index contributed by atoms with van der Waals surface area (Å²) >= 11 is 1.30. The summed E-state index contributed by atoms with van der Waals surface area (Å²) in [5.41, 5.74) is 3.42. The number of nitrogens with zero attached hydrogens (tertiary/aromatic N) is 2. The third kappa shape index (κ3) is 6.06. The molecule has 1 aliphatic heterocycles. The first-order valence-electron chi connectivity index (χ1n) is 10.5. The van der Waals surface area contributed by atoms with Crippen LogP contribution in [0.3, 0.4) is 0 Å². The predicted octanol–water partition coefficient (Wildman–Crippen LogP) is 3.93. The lowest BCUT2D eigenvalue weighted by atomic mass is 10.1. The zero-order valence-electron chi connectivity index (χ0n) is 19.5. The summed E-state index contributed by atoms with van der Waals surface area (Å²) in [7, 11) is 4.66.